The highest BCUT2D eigenvalue weighted by atomic mass is 32.2. The molecule has 2 N–H and O–H groups in total. The third-order valence-electron chi connectivity index (χ3n) is 3.92. The number of aromatic nitrogens is 2. The van der Waals surface area contributed by atoms with Crippen LogP contribution in [0.4, 0.5) is 10.8 Å². The molecule has 6 nitrogen and oxygen atoms in total. The Morgan fingerprint density at radius 1 is 1.10 bits per heavy atom. The molecule has 0 radical (unpaired) electrons. The first-order valence-corrected chi connectivity index (χ1v) is 12.0. The summed E-state index contributed by atoms with van der Waals surface area (Å²) >= 11 is 4.14. The molecule has 156 valence electrons. The molecule has 1 heterocycles. The topological polar surface area (TPSA) is 84.0 Å². The normalized spacial score (nSPS) is 11.7. The number of anilines is 2. The fourth-order valence-electron chi connectivity index (χ4n) is 2.55. The zero-order chi connectivity index (χ0) is 21.3. The molecule has 0 saturated carbocycles. The highest BCUT2D eigenvalue weighted by molar-refractivity contribution is 8.00. The minimum atomic E-state index is -0.327. The molecule has 2 aromatic carbocycles. The van der Waals surface area contributed by atoms with Crippen molar-refractivity contribution < 1.29 is 9.59 Å². The summed E-state index contributed by atoms with van der Waals surface area (Å²) in [7, 11) is 0. The summed E-state index contributed by atoms with van der Waals surface area (Å²) < 4.78 is 4.20. The molecule has 0 saturated heterocycles. The average Bonchev–Trinajstić information content (AvgIpc) is 3.16. The smallest absolute Gasteiger partial charge is 0.239 e. The molecule has 0 fully saturated rings. The summed E-state index contributed by atoms with van der Waals surface area (Å²) in [6.07, 6.45) is 0.317. The predicted octanol–water partition coefficient (Wildman–Crippen LogP) is 4.95. The Morgan fingerprint density at radius 3 is 2.67 bits per heavy atom. The number of nitrogens with zero attached hydrogens (tertiary/aromatic N) is 2. The summed E-state index contributed by atoms with van der Waals surface area (Å²) in [5.41, 5.74) is 1.67. The number of carbonyl (C=O) groups is 2. The van der Waals surface area contributed by atoms with Crippen molar-refractivity contribution >= 4 is 57.7 Å². The van der Waals surface area contributed by atoms with E-state index >= 15 is 0 Å². The first kappa shape index (κ1) is 22.3. The minimum absolute atomic E-state index is 0.0776. The molecule has 1 aromatic heterocycles. The van der Waals surface area contributed by atoms with Gasteiger partial charge in [0.05, 0.1) is 11.7 Å². The van der Waals surface area contributed by atoms with Crippen molar-refractivity contribution in [2.24, 2.45) is 0 Å². The number of thioether (sulfide) groups is 2. The van der Waals surface area contributed by atoms with Gasteiger partial charge < -0.3 is 5.32 Å². The second-order valence-corrected chi connectivity index (χ2v) is 9.70. The SMILES string of the molecule is CCSc1nsc(NC(=O)C(C)Sc2cccc(NC(=O)Cc3ccccc3)c2)n1. The van der Waals surface area contributed by atoms with Gasteiger partial charge in [0.2, 0.25) is 22.1 Å². The third-order valence-corrected chi connectivity index (χ3v) is 6.49. The van der Waals surface area contributed by atoms with E-state index in [0.29, 0.717) is 22.4 Å². The van der Waals surface area contributed by atoms with Gasteiger partial charge in [-0.2, -0.15) is 9.36 Å². The highest BCUT2D eigenvalue weighted by Gasteiger charge is 2.17. The molecule has 0 spiro atoms. The van der Waals surface area contributed by atoms with Crippen molar-refractivity contribution in [1.29, 1.82) is 0 Å². The van der Waals surface area contributed by atoms with Crippen LogP contribution in [0.1, 0.15) is 19.4 Å². The van der Waals surface area contributed by atoms with Gasteiger partial charge in [0.1, 0.15) is 0 Å². The van der Waals surface area contributed by atoms with Gasteiger partial charge in [-0.15, -0.1) is 11.8 Å². The Hall–Kier alpha value is -2.36. The van der Waals surface area contributed by atoms with E-state index in [1.165, 1.54) is 35.1 Å². The van der Waals surface area contributed by atoms with Crippen LogP contribution >= 0.6 is 35.1 Å². The van der Waals surface area contributed by atoms with Gasteiger partial charge in [-0.25, -0.2) is 0 Å². The van der Waals surface area contributed by atoms with Crippen LogP contribution in [0.25, 0.3) is 0 Å². The van der Waals surface area contributed by atoms with Crippen LogP contribution in [0.15, 0.2) is 64.6 Å². The molecule has 0 bridgehead atoms. The lowest BCUT2D eigenvalue weighted by Crippen LogP contribution is -2.22. The highest BCUT2D eigenvalue weighted by Crippen LogP contribution is 2.27. The molecule has 2 amide bonds. The van der Waals surface area contributed by atoms with Gasteiger partial charge in [0.15, 0.2) is 0 Å². The van der Waals surface area contributed by atoms with Crippen molar-refractivity contribution in [2.75, 3.05) is 16.4 Å². The van der Waals surface area contributed by atoms with Crippen LogP contribution < -0.4 is 10.6 Å². The van der Waals surface area contributed by atoms with Crippen molar-refractivity contribution in [3.63, 3.8) is 0 Å². The maximum absolute atomic E-state index is 12.5. The van der Waals surface area contributed by atoms with Crippen LogP contribution in [0.5, 0.6) is 0 Å². The first-order chi connectivity index (χ1) is 14.5. The number of hydrogen-bond acceptors (Lipinski definition) is 7. The van der Waals surface area contributed by atoms with E-state index < -0.39 is 0 Å². The van der Waals surface area contributed by atoms with Crippen LogP contribution in [-0.4, -0.2) is 32.2 Å². The minimum Gasteiger partial charge on any atom is -0.326 e. The maximum Gasteiger partial charge on any atom is 0.239 e. The van der Waals surface area contributed by atoms with E-state index in [2.05, 4.69) is 20.0 Å². The molecule has 30 heavy (non-hydrogen) atoms. The molecular formula is C21H22N4O2S3. The van der Waals surface area contributed by atoms with Gasteiger partial charge in [-0.3, -0.25) is 14.9 Å². The number of nitrogens with one attached hydrogen (secondary N) is 2. The number of benzene rings is 2. The third kappa shape index (κ3) is 6.86. The maximum atomic E-state index is 12.5. The second kappa shape index (κ2) is 11.1. The molecule has 0 aliphatic heterocycles. The molecule has 1 atom stereocenters. The number of carbonyl (C=O) groups excluding carboxylic acids is 2. The molecular weight excluding hydrogens is 436 g/mol. The standard InChI is InChI=1S/C21H22N4O2S3/c1-3-28-21-24-20(30-25-21)23-19(27)14(2)29-17-11-7-10-16(13-17)22-18(26)12-15-8-5-4-6-9-15/h4-11,13-14H,3,12H2,1-2H3,(H,22,26)(H,23,24,25,27). The number of hydrogen-bond donors (Lipinski definition) is 2. The van der Waals surface area contributed by atoms with Gasteiger partial charge in [-0.1, -0.05) is 55.1 Å². The van der Waals surface area contributed by atoms with E-state index in [-0.39, 0.29) is 17.1 Å². The van der Waals surface area contributed by atoms with E-state index in [4.69, 9.17) is 0 Å². The van der Waals surface area contributed by atoms with Crippen molar-refractivity contribution in [1.82, 2.24) is 9.36 Å². The van der Waals surface area contributed by atoms with Crippen molar-refractivity contribution in [2.45, 2.75) is 35.6 Å². The van der Waals surface area contributed by atoms with Gasteiger partial charge >= 0.3 is 0 Å². The average molecular weight is 459 g/mol. The zero-order valence-corrected chi connectivity index (χ0v) is 19.1. The zero-order valence-electron chi connectivity index (χ0n) is 16.6. The number of amides is 2. The van der Waals surface area contributed by atoms with Crippen LogP contribution in [-0.2, 0) is 16.0 Å². The first-order valence-electron chi connectivity index (χ1n) is 9.41. The second-order valence-electron chi connectivity index (χ2n) is 6.30. The summed E-state index contributed by atoms with van der Waals surface area (Å²) in [4.78, 5) is 30.0. The van der Waals surface area contributed by atoms with E-state index in [0.717, 1.165) is 16.2 Å². The van der Waals surface area contributed by atoms with E-state index in [1.807, 2.05) is 68.4 Å². The molecule has 3 rings (SSSR count). The Kier molecular flexibility index (Phi) is 8.30. The largest absolute Gasteiger partial charge is 0.326 e. The number of rotatable bonds is 9. The fraction of sp³-hybridized carbons (Fsp3) is 0.238. The molecule has 3 aromatic rings. The van der Waals surface area contributed by atoms with Crippen molar-refractivity contribution in [3.05, 3.63) is 60.2 Å². The van der Waals surface area contributed by atoms with Crippen LogP contribution in [0.3, 0.4) is 0 Å². The van der Waals surface area contributed by atoms with Crippen LogP contribution in [0, 0.1) is 0 Å². The van der Waals surface area contributed by atoms with Gasteiger partial charge in [0.25, 0.3) is 0 Å². The molecule has 0 aliphatic rings. The monoisotopic (exact) mass is 458 g/mol. The predicted molar refractivity (Wildman–Crippen MR) is 125 cm³/mol. The Labute approximate surface area is 188 Å². The summed E-state index contributed by atoms with van der Waals surface area (Å²) in [6, 6.07) is 17.1. The quantitative estimate of drug-likeness (QED) is 0.441. The molecule has 0 aliphatic carbocycles. The lowest BCUT2D eigenvalue weighted by molar-refractivity contribution is -0.116. The Bertz CT molecular complexity index is 995. The fourth-order valence-corrected chi connectivity index (χ4v) is 4.75. The van der Waals surface area contributed by atoms with E-state index in [1.54, 1.807) is 0 Å². The lowest BCUT2D eigenvalue weighted by atomic mass is 10.1. The summed E-state index contributed by atoms with van der Waals surface area (Å²) in [5.74, 6) is 0.670. The molecule has 1 unspecified atom stereocenters. The van der Waals surface area contributed by atoms with E-state index in [9.17, 15) is 9.59 Å². The summed E-state index contributed by atoms with van der Waals surface area (Å²) in [5, 5.41) is 6.59. The Balaban J connectivity index is 1.54. The lowest BCUT2D eigenvalue weighted by Gasteiger charge is -2.12. The van der Waals surface area contributed by atoms with Gasteiger partial charge in [0, 0.05) is 22.1 Å². The van der Waals surface area contributed by atoms with Crippen LogP contribution in [0.2, 0.25) is 0 Å². The van der Waals surface area contributed by atoms with Gasteiger partial charge in [-0.05, 0) is 36.4 Å². The Morgan fingerprint density at radius 2 is 1.90 bits per heavy atom. The van der Waals surface area contributed by atoms with Crippen molar-refractivity contribution in [3.8, 4) is 0 Å². The molecule has 9 heteroatoms. The summed E-state index contributed by atoms with van der Waals surface area (Å²) in [6.45, 7) is 3.87.